The number of nitrogens with zero attached hydrogens (tertiary/aromatic N) is 4. The summed E-state index contributed by atoms with van der Waals surface area (Å²) in [7, 11) is 1.81. The molecule has 2 heterocycles. The fourth-order valence-electron chi connectivity index (χ4n) is 1.14. The first-order valence-corrected chi connectivity index (χ1v) is 5.78. The van der Waals surface area contributed by atoms with Crippen LogP contribution in [-0.4, -0.2) is 32.6 Å². The SMILES string of the molecule is CCOC(=O)c1nnc(Nc2ccn(C)n2)s1. The normalized spacial score (nSPS) is 10.2. The third-order valence-electron chi connectivity index (χ3n) is 1.82. The van der Waals surface area contributed by atoms with Crippen molar-refractivity contribution in [2.24, 2.45) is 7.05 Å². The lowest BCUT2D eigenvalue weighted by molar-refractivity contribution is 0.0525. The third kappa shape index (κ3) is 2.78. The molecule has 0 radical (unpaired) electrons. The standard InChI is InChI=1S/C9H11N5O2S/c1-3-16-8(15)7-11-12-9(17-7)10-6-4-5-14(2)13-6/h4-5H,3H2,1-2H3,(H,10,12,13). The van der Waals surface area contributed by atoms with Gasteiger partial charge < -0.3 is 10.1 Å². The van der Waals surface area contributed by atoms with Crippen molar-refractivity contribution in [1.29, 1.82) is 0 Å². The van der Waals surface area contributed by atoms with Crippen LogP contribution in [0.4, 0.5) is 10.9 Å². The van der Waals surface area contributed by atoms with Crippen LogP contribution < -0.4 is 5.32 Å². The predicted octanol–water partition coefficient (Wildman–Crippen LogP) is 1.19. The number of esters is 1. The minimum absolute atomic E-state index is 0.227. The average Bonchev–Trinajstić information content (AvgIpc) is 2.89. The molecule has 17 heavy (non-hydrogen) atoms. The molecule has 0 spiro atoms. The van der Waals surface area contributed by atoms with Crippen molar-refractivity contribution in [3.63, 3.8) is 0 Å². The molecule has 0 unspecified atom stereocenters. The van der Waals surface area contributed by atoms with E-state index < -0.39 is 5.97 Å². The molecule has 1 N–H and O–H groups in total. The van der Waals surface area contributed by atoms with Gasteiger partial charge in [0.25, 0.3) is 0 Å². The van der Waals surface area contributed by atoms with Crippen LogP contribution in [0, 0.1) is 0 Å². The lowest BCUT2D eigenvalue weighted by Gasteiger charge is -1.95. The summed E-state index contributed by atoms with van der Waals surface area (Å²) >= 11 is 1.13. The summed E-state index contributed by atoms with van der Waals surface area (Å²) in [5.74, 6) is 0.193. The summed E-state index contributed by atoms with van der Waals surface area (Å²) in [6.07, 6.45) is 1.80. The van der Waals surface area contributed by atoms with E-state index in [2.05, 4.69) is 20.6 Å². The van der Waals surface area contributed by atoms with E-state index in [1.54, 1.807) is 23.9 Å². The Morgan fingerprint density at radius 3 is 3.06 bits per heavy atom. The Morgan fingerprint density at radius 2 is 2.41 bits per heavy atom. The third-order valence-corrected chi connectivity index (χ3v) is 2.64. The van der Waals surface area contributed by atoms with E-state index in [4.69, 9.17) is 4.74 Å². The minimum atomic E-state index is -0.459. The largest absolute Gasteiger partial charge is 0.461 e. The van der Waals surface area contributed by atoms with Gasteiger partial charge in [-0.3, -0.25) is 4.68 Å². The molecule has 0 aliphatic rings. The first-order valence-electron chi connectivity index (χ1n) is 4.96. The van der Waals surface area contributed by atoms with Crippen molar-refractivity contribution in [3.05, 3.63) is 17.3 Å². The van der Waals surface area contributed by atoms with Crippen molar-refractivity contribution in [1.82, 2.24) is 20.0 Å². The number of hydrogen-bond acceptors (Lipinski definition) is 7. The number of rotatable bonds is 4. The molecule has 2 aromatic rings. The average molecular weight is 253 g/mol. The molecule has 7 nitrogen and oxygen atoms in total. The van der Waals surface area contributed by atoms with E-state index in [-0.39, 0.29) is 5.01 Å². The maximum absolute atomic E-state index is 11.4. The van der Waals surface area contributed by atoms with Crippen LogP contribution in [0.5, 0.6) is 0 Å². The van der Waals surface area contributed by atoms with Crippen LogP contribution in [0.3, 0.4) is 0 Å². The Morgan fingerprint density at radius 1 is 1.59 bits per heavy atom. The predicted molar refractivity (Wildman–Crippen MR) is 62.4 cm³/mol. The van der Waals surface area contributed by atoms with Crippen molar-refractivity contribution in [2.45, 2.75) is 6.92 Å². The van der Waals surface area contributed by atoms with Crippen molar-refractivity contribution in [3.8, 4) is 0 Å². The highest BCUT2D eigenvalue weighted by Crippen LogP contribution is 2.19. The lowest BCUT2D eigenvalue weighted by atomic mass is 10.6. The van der Waals surface area contributed by atoms with E-state index in [1.165, 1.54) is 0 Å². The number of carbonyl (C=O) groups is 1. The van der Waals surface area contributed by atoms with Crippen molar-refractivity contribution >= 4 is 28.3 Å². The lowest BCUT2D eigenvalue weighted by Crippen LogP contribution is -2.03. The highest BCUT2D eigenvalue weighted by atomic mass is 32.1. The molecular weight excluding hydrogens is 242 g/mol. The van der Waals surface area contributed by atoms with Gasteiger partial charge >= 0.3 is 5.97 Å². The zero-order valence-electron chi connectivity index (χ0n) is 9.38. The van der Waals surface area contributed by atoms with Gasteiger partial charge in [0, 0.05) is 19.3 Å². The number of aryl methyl sites for hydroxylation is 1. The Labute approximate surface area is 101 Å². The van der Waals surface area contributed by atoms with E-state index >= 15 is 0 Å². The highest BCUT2D eigenvalue weighted by Gasteiger charge is 2.13. The monoisotopic (exact) mass is 253 g/mol. The molecule has 2 aromatic heterocycles. The summed E-state index contributed by atoms with van der Waals surface area (Å²) in [5.41, 5.74) is 0. The Balaban J connectivity index is 2.06. The molecule has 0 fully saturated rings. The zero-order chi connectivity index (χ0) is 12.3. The second-order valence-corrected chi connectivity index (χ2v) is 4.11. The summed E-state index contributed by atoms with van der Waals surface area (Å²) in [6.45, 7) is 2.06. The van der Waals surface area contributed by atoms with Gasteiger partial charge in [-0.1, -0.05) is 11.3 Å². The van der Waals surface area contributed by atoms with Gasteiger partial charge in [-0.2, -0.15) is 5.10 Å². The molecular formula is C9H11N5O2S. The van der Waals surface area contributed by atoms with Crippen LogP contribution >= 0.6 is 11.3 Å². The minimum Gasteiger partial charge on any atom is -0.461 e. The van der Waals surface area contributed by atoms with Crippen LogP contribution in [0.25, 0.3) is 0 Å². The Bertz CT molecular complexity index is 521. The first kappa shape index (κ1) is 11.5. The van der Waals surface area contributed by atoms with Crippen LogP contribution in [0.2, 0.25) is 0 Å². The van der Waals surface area contributed by atoms with E-state index in [0.717, 1.165) is 11.3 Å². The number of ether oxygens (including phenoxy) is 1. The number of hydrogen-bond donors (Lipinski definition) is 1. The number of aromatic nitrogens is 4. The summed E-state index contributed by atoms with van der Waals surface area (Å²) < 4.78 is 6.48. The Kier molecular flexibility index (Phi) is 3.33. The van der Waals surface area contributed by atoms with Crippen molar-refractivity contribution < 1.29 is 9.53 Å². The Hall–Kier alpha value is -1.96. The molecule has 90 valence electrons. The molecule has 0 amide bonds. The topological polar surface area (TPSA) is 81.9 Å². The molecule has 2 rings (SSSR count). The second-order valence-electron chi connectivity index (χ2n) is 3.13. The number of carbonyl (C=O) groups excluding carboxylic acids is 1. The fourth-order valence-corrected chi connectivity index (χ4v) is 1.78. The van der Waals surface area contributed by atoms with E-state index in [1.807, 2.05) is 7.05 Å². The second kappa shape index (κ2) is 4.91. The molecule has 0 aliphatic carbocycles. The molecule has 0 aromatic carbocycles. The van der Waals surface area contributed by atoms with Gasteiger partial charge in [0.2, 0.25) is 10.1 Å². The summed E-state index contributed by atoms with van der Waals surface area (Å²) in [6, 6.07) is 1.80. The summed E-state index contributed by atoms with van der Waals surface area (Å²) in [5, 5.41) is 15.4. The number of anilines is 2. The van der Waals surface area contributed by atoms with Gasteiger partial charge in [0.15, 0.2) is 5.82 Å². The molecule has 0 saturated carbocycles. The van der Waals surface area contributed by atoms with Gasteiger partial charge in [-0.25, -0.2) is 4.79 Å². The van der Waals surface area contributed by atoms with Crippen LogP contribution in [-0.2, 0) is 11.8 Å². The maximum atomic E-state index is 11.4. The zero-order valence-corrected chi connectivity index (χ0v) is 10.2. The number of nitrogens with one attached hydrogen (secondary N) is 1. The van der Waals surface area contributed by atoms with Gasteiger partial charge in [-0.05, 0) is 6.92 Å². The van der Waals surface area contributed by atoms with Gasteiger partial charge in [0.05, 0.1) is 6.61 Å². The highest BCUT2D eigenvalue weighted by molar-refractivity contribution is 7.17. The van der Waals surface area contributed by atoms with Crippen molar-refractivity contribution in [2.75, 3.05) is 11.9 Å². The molecule has 8 heteroatoms. The van der Waals surface area contributed by atoms with Crippen LogP contribution in [0.1, 0.15) is 16.7 Å². The van der Waals surface area contributed by atoms with E-state index in [0.29, 0.717) is 17.6 Å². The molecule has 0 aliphatic heterocycles. The smallest absolute Gasteiger partial charge is 0.369 e. The molecule has 0 saturated heterocycles. The fraction of sp³-hybridized carbons (Fsp3) is 0.333. The summed E-state index contributed by atoms with van der Waals surface area (Å²) in [4.78, 5) is 11.4. The van der Waals surface area contributed by atoms with E-state index in [9.17, 15) is 4.79 Å². The van der Waals surface area contributed by atoms with Gasteiger partial charge in [0.1, 0.15) is 0 Å². The molecule has 0 atom stereocenters. The van der Waals surface area contributed by atoms with Crippen LogP contribution in [0.15, 0.2) is 12.3 Å². The maximum Gasteiger partial charge on any atom is 0.369 e. The van der Waals surface area contributed by atoms with Gasteiger partial charge in [-0.15, -0.1) is 10.2 Å². The quantitative estimate of drug-likeness (QED) is 0.824. The first-order chi connectivity index (χ1) is 8.19. The molecule has 0 bridgehead atoms.